The minimum Gasteiger partial charge on any atom is -0.398 e. The summed E-state index contributed by atoms with van der Waals surface area (Å²) < 4.78 is 0. The number of nitrogen functional groups attached to an aromatic ring is 1. The predicted octanol–water partition coefficient (Wildman–Crippen LogP) is 1.15. The van der Waals surface area contributed by atoms with Crippen molar-refractivity contribution in [2.24, 2.45) is 0 Å². The molecule has 2 rings (SSSR count). The lowest BCUT2D eigenvalue weighted by molar-refractivity contribution is 0.909. The van der Waals surface area contributed by atoms with E-state index in [2.05, 4.69) is 11.0 Å². The number of hydrogen-bond donors (Lipinski definition) is 1. The monoisotopic (exact) mass is 173 g/mol. The van der Waals surface area contributed by atoms with Crippen molar-refractivity contribution in [3.8, 4) is 6.07 Å². The van der Waals surface area contributed by atoms with Crippen LogP contribution in [0.5, 0.6) is 0 Å². The number of nitrogens with two attached hydrogens (primary N) is 1. The van der Waals surface area contributed by atoms with Crippen molar-refractivity contribution in [2.45, 2.75) is 6.42 Å². The zero-order valence-corrected chi connectivity index (χ0v) is 7.33. The molecule has 0 saturated carbocycles. The van der Waals surface area contributed by atoms with E-state index in [0.717, 1.165) is 24.3 Å². The van der Waals surface area contributed by atoms with Gasteiger partial charge in [-0.2, -0.15) is 5.26 Å². The van der Waals surface area contributed by atoms with Crippen molar-refractivity contribution in [3.05, 3.63) is 23.8 Å². The SMILES string of the molecule is N#CCN1CCc2c(N)cccc21. The lowest BCUT2D eigenvalue weighted by Gasteiger charge is -2.14. The van der Waals surface area contributed by atoms with Crippen LogP contribution in [0, 0.1) is 11.3 Å². The molecule has 13 heavy (non-hydrogen) atoms. The normalized spacial score (nSPS) is 13.9. The minimum absolute atomic E-state index is 0.455. The Bertz CT molecular complexity index is 365. The zero-order valence-electron chi connectivity index (χ0n) is 7.33. The molecule has 0 spiro atoms. The second-order valence-electron chi connectivity index (χ2n) is 3.17. The Labute approximate surface area is 77.4 Å². The smallest absolute Gasteiger partial charge is 0.105 e. The van der Waals surface area contributed by atoms with Gasteiger partial charge in [0.2, 0.25) is 0 Å². The summed E-state index contributed by atoms with van der Waals surface area (Å²) in [5, 5.41) is 8.60. The summed E-state index contributed by atoms with van der Waals surface area (Å²) in [6.07, 6.45) is 0.962. The van der Waals surface area contributed by atoms with Gasteiger partial charge >= 0.3 is 0 Å². The molecule has 3 heteroatoms. The second-order valence-corrected chi connectivity index (χ2v) is 3.17. The molecule has 0 fully saturated rings. The minimum atomic E-state index is 0.455. The topological polar surface area (TPSA) is 53.0 Å². The Kier molecular flexibility index (Phi) is 1.82. The summed E-state index contributed by atoms with van der Waals surface area (Å²) in [6.45, 7) is 1.37. The average Bonchev–Trinajstić information content (AvgIpc) is 2.51. The summed E-state index contributed by atoms with van der Waals surface area (Å²) in [7, 11) is 0. The third-order valence-corrected chi connectivity index (χ3v) is 2.42. The molecule has 0 amide bonds. The molecule has 0 aromatic heterocycles. The molecule has 3 nitrogen and oxygen atoms in total. The molecule has 0 radical (unpaired) electrons. The van der Waals surface area contributed by atoms with Crippen LogP contribution in [0.2, 0.25) is 0 Å². The highest BCUT2D eigenvalue weighted by molar-refractivity contribution is 5.68. The third-order valence-electron chi connectivity index (χ3n) is 2.42. The number of anilines is 2. The molecule has 1 heterocycles. The molecule has 66 valence electrons. The van der Waals surface area contributed by atoms with Gasteiger partial charge in [-0.1, -0.05) is 6.07 Å². The Balaban J connectivity index is 2.39. The van der Waals surface area contributed by atoms with Crippen LogP contribution in [0.3, 0.4) is 0 Å². The van der Waals surface area contributed by atoms with Crippen molar-refractivity contribution in [2.75, 3.05) is 23.7 Å². The lowest BCUT2D eigenvalue weighted by Crippen LogP contribution is -2.20. The first-order chi connectivity index (χ1) is 6.33. The molecule has 0 aliphatic carbocycles. The number of nitriles is 1. The Hall–Kier alpha value is -1.69. The first-order valence-electron chi connectivity index (χ1n) is 4.32. The first-order valence-corrected chi connectivity index (χ1v) is 4.32. The first kappa shape index (κ1) is 7.93. The fourth-order valence-electron chi connectivity index (χ4n) is 1.78. The van der Waals surface area contributed by atoms with Gasteiger partial charge in [0.1, 0.15) is 6.54 Å². The van der Waals surface area contributed by atoms with Crippen molar-refractivity contribution >= 4 is 11.4 Å². The maximum absolute atomic E-state index is 8.60. The Morgan fingerprint density at radius 1 is 1.54 bits per heavy atom. The molecule has 1 aromatic carbocycles. The summed E-state index contributed by atoms with van der Waals surface area (Å²) in [6, 6.07) is 8.02. The van der Waals surface area contributed by atoms with Gasteiger partial charge in [-0.25, -0.2) is 0 Å². The predicted molar refractivity (Wildman–Crippen MR) is 52.4 cm³/mol. The maximum Gasteiger partial charge on any atom is 0.105 e. The highest BCUT2D eigenvalue weighted by Crippen LogP contribution is 2.31. The van der Waals surface area contributed by atoms with Gasteiger partial charge in [-0.3, -0.25) is 0 Å². The molecule has 0 unspecified atom stereocenters. The van der Waals surface area contributed by atoms with E-state index in [1.807, 2.05) is 18.2 Å². The summed E-state index contributed by atoms with van der Waals surface area (Å²) in [5.74, 6) is 0. The van der Waals surface area contributed by atoms with Crippen molar-refractivity contribution in [3.63, 3.8) is 0 Å². The van der Waals surface area contributed by atoms with E-state index in [4.69, 9.17) is 11.0 Å². The molecule has 0 saturated heterocycles. The van der Waals surface area contributed by atoms with Gasteiger partial charge in [0.25, 0.3) is 0 Å². The molecule has 2 N–H and O–H groups in total. The maximum atomic E-state index is 8.60. The largest absolute Gasteiger partial charge is 0.398 e. The Morgan fingerprint density at radius 2 is 2.38 bits per heavy atom. The van der Waals surface area contributed by atoms with E-state index in [0.29, 0.717) is 6.54 Å². The molecule has 1 aromatic rings. The van der Waals surface area contributed by atoms with Crippen LogP contribution in [-0.2, 0) is 6.42 Å². The quantitative estimate of drug-likeness (QED) is 0.512. The van der Waals surface area contributed by atoms with E-state index < -0.39 is 0 Å². The summed E-state index contributed by atoms with van der Waals surface area (Å²) in [4.78, 5) is 2.06. The highest BCUT2D eigenvalue weighted by atomic mass is 15.1. The zero-order chi connectivity index (χ0) is 9.26. The van der Waals surface area contributed by atoms with Gasteiger partial charge in [0.05, 0.1) is 6.07 Å². The molecule has 0 bridgehead atoms. The van der Waals surface area contributed by atoms with E-state index in [1.54, 1.807) is 0 Å². The fraction of sp³-hybridized carbons (Fsp3) is 0.300. The Morgan fingerprint density at radius 3 is 3.15 bits per heavy atom. The molecular weight excluding hydrogens is 162 g/mol. The van der Waals surface area contributed by atoms with E-state index >= 15 is 0 Å². The van der Waals surface area contributed by atoms with Crippen molar-refractivity contribution in [1.29, 1.82) is 5.26 Å². The number of rotatable bonds is 1. The van der Waals surface area contributed by atoms with Crippen LogP contribution < -0.4 is 10.6 Å². The summed E-state index contributed by atoms with van der Waals surface area (Å²) >= 11 is 0. The number of fused-ring (bicyclic) bond motifs is 1. The summed E-state index contributed by atoms with van der Waals surface area (Å²) in [5.41, 5.74) is 8.98. The van der Waals surface area contributed by atoms with Crippen molar-refractivity contribution < 1.29 is 0 Å². The molecule has 1 aliphatic rings. The number of nitrogens with zero attached hydrogens (tertiary/aromatic N) is 2. The lowest BCUT2D eigenvalue weighted by atomic mass is 10.1. The van der Waals surface area contributed by atoms with Gasteiger partial charge in [0, 0.05) is 23.5 Å². The average molecular weight is 173 g/mol. The number of benzene rings is 1. The van der Waals surface area contributed by atoms with E-state index in [9.17, 15) is 0 Å². The van der Waals surface area contributed by atoms with Gasteiger partial charge in [-0.15, -0.1) is 0 Å². The highest BCUT2D eigenvalue weighted by Gasteiger charge is 2.19. The van der Waals surface area contributed by atoms with Gasteiger partial charge in [-0.05, 0) is 18.6 Å². The number of hydrogen-bond acceptors (Lipinski definition) is 3. The van der Waals surface area contributed by atoms with Crippen LogP contribution in [-0.4, -0.2) is 13.1 Å². The molecular formula is C10H11N3. The third kappa shape index (κ3) is 1.20. The van der Waals surface area contributed by atoms with Crippen LogP contribution in [0.4, 0.5) is 11.4 Å². The second kappa shape index (κ2) is 2.98. The van der Waals surface area contributed by atoms with Crippen LogP contribution in [0.15, 0.2) is 18.2 Å². The van der Waals surface area contributed by atoms with E-state index in [-0.39, 0.29) is 0 Å². The fourth-order valence-corrected chi connectivity index (χ4v) is 1.78. The van der Waals surface area contributed by atoms with Gasteiger partial charge in [0.15, 0.2) is 0 Å². The van der Waals surface area contributed by atoms with Gasteiger partial charge < -0.3 is 10.6 Å². The van der Waals surface area contributed by atoms with Crippen LogP contribution in [0.1, 0.15) is 5.56 Å². The van der Waals surface area contributed by atoms with Crippen LogP contribution in [0.25, 0.3) is 0 Å². The van der Waals surface area contributed by atoms with Crippen molar-refractivity contribution in [1.82, 2.24) is 0 Å². The van der Waals surface area contributed by atoms with Crippen LogP contribution >= 0.6 is 0 Å². The van der Waals surface area contributed by atoms with E-state index in [1.165, 1.54) is 5.56 Å². The molecule has 0 atom stereocenters. The molecule has 1 aliphatic heterocycles. The standard InChI is InChI=1S/C10H11N3/c11-5-7-13-6-4-8-9(12)2-1-3-10(8)13/h1-3H,4,6-7,12H2.